The molecule has 106 valence electrons. The molecule has 6 heteroatoms. The highest BCUT2D eigenvalue weighted by Crippen LogP contribution is 2.18. The summed E-state index contributed by atoms with van der Waals surface area (Å²) in [6, 6.07) is 7.27. The van der Waals surface area contributed by atoms with Gasteiger partial charge >= 0.3 is 5.97 Å². The van der Waals surface area contributed by atoms with E-state index in [2.05, 4.69) is 17.2 Å². The van der Waals surface area contributed by atoms with E-state index in [4.69, 9.17) is 4.74 Å². The summed E-state index contributed by atoms with van der Waals surface area (Å²) in [5, 5.41) is 16.9. The number of carbonyl (C=O) groups is 1. The molecule has 0 amide bonds. The molecule has 0 aliphatic carbocycles. The van der Waals surface area contributed by atoms with E-state index in [9.17, 15) is 9.90 Å². The van der Waals surface area contributed by atoms with Crippen LogP contribution in [-0.4, -0.2) is 33.2 Å². The molecule has 0 unspecified atom stereocenters. The van der Waals surface area contributed by atoms with Crippen LogP contribution in [0.25, 0.3) is 5.69 Å². The van der Waals surface area contributed by atoms with Gasteiger partial charge < -0.3 is 9.84 Å². The lowest BCUT2D eigenvalue weighted by Crippen LogP contribution is -2.07. The Labute approximate surface area is 117 Å². The maximum Gasteiger partial charge on any atom is 0.358 e. The number of benzene rings is 1. The van der Waals surface area contributed by atoms with Crippen molar-refractivity contribution in [3.63, 3.8) is 0 Å². The number of ether oxygens (including phenoxy) is 1. The van der Waals surface area contributed by atoms with Gasteiger partial charge in [-0.2, -0.15) is 0 Å². The maximum absolute atomic E-state index is 11.2. The second kappa shape index (κ2) is 6.18. The summed E-state index contributed by atoms with van der Waals surface area (Å²) in [6.45, 7) is 2.06. The average Bonchev–Trinajstić information content (AvgIpc) is 2.89. The first-order valence-electron chi connectivity index (χ1n) is 6.49. The minimum absolute atomic E-state index is 0.0225. The summed E-state index contributed by atoms with van der Waals surface area (Å²) >= 11 is 0. The molecular weight excluding hydrogens is 258 g/mol. The summed E-state index contributed by atoms with van der Waals surface area (Å²) in [7, 11) is 1.60. The number of nitrogens with zero attached hydrogens (tertiary/aromatic N) is 3. The molecular formula is C14H17N3O3. The first-order chi connectivity index (χ1) is 9.67. The van der Waals surface area contributed by atoms with Crippen molar-refractivity contribution in [2.75, 3.05) is 7.11 Å². The molecule has 0 fully saturated rings. The smallest absolute Gasteiger partial charge is 0.358 e. The SMILES string of the molecule is CCCCc1c(C(=O)O)nnn1-c1ccc(OC)cc1. The van der Waals surface area contributed by atoms with Gasteiger partial charge in [0.2, 0.25) is 0 Å². The summed E-state index contributed by atoms with van der Waals surface area (Å²) in [5.41, 5.74) is 1.43. The van der Waals surface area contributed by atoms with Crippen molar-refractivity contribution in [2.24, 2.45) is 0 Å². The van der Waals surface area contributed by atoms with Gasteiger partial charge in [-0.05, 0) is 37.1 Å². The van der Waals surface area contributed by atoms with E-state index in [1.54, 1.807) is 23.9 Å². The zero-order valence-corrected chi connectivity index (χ0v) is 11.5. The van der Waals surface area contributed by atoms with Crippen molar-refractivity contribution in [1.82, 2.24) is 15.0 Å². The molecule has 1 N–H and O–H groups in total. The number of aromatic nitrogens is 3. The molecule has 2 rings (SSSR count). The van der Waals surface area contributed by atoms with Crippen LogP contribution in [0, 0.1) is 0 Å². The molecule has 6 nitrogen and oxygen atoms in total. The fourth-order valence-electron chi connectivity index (χ4n) is 1.97. The van der Waals surface area contributed by atoms with Crippen LogP contribution in [0.5, 0.6) is 5.75 Å². The Morgan fingerprint density at radius 3 is 2.60 bits per heavy atom. The summed E-state index contributed by atoms with van der Waals surface area (Å²) < 4.78 is 6.69. The first kappa shape index (κ1) is 14.0. The predicted octanol–water partition coefficient (Wildman–Crippen LogP) is 2.32. The van der Waals surface area contributed by atoms with E-state index in [1.807, 2.05) is 12.1 Å². The number of hydrogen-bond donors (Lipinski definition) is 1. The Hall–Kier alpha value is -2.37. The zero-order valence-electron chi connectivity index (χ0n) is 11.5. The van der Waals surface area contributed by atoms with Crippen molar-refractivity contribution >= 4 is 5.97 Å². The van der Waals surface area contributed by atoms with Gasteiger partial charge in [-0.15, -0.1) is 5.10 Å². The normalized spacial score (nSPS) is 10.5. The molecule has 0 aliphatic heterocycles. The Kier molecular flexibility index (Phi) is 4.34. The second-order valence-electron chi connectivity index (χ2n) is 4.40. The van der Waals surface area contributed by atoms with E-state index < -0.39 is 5.97 Å². The molecule has 0 bridgehead atoms. The van der Waals surface area contributed by atoms with Crippen molar-refractivity contribution in [2.45, 2.75) is 26.2 Å². The number of aromatic carboxylic acids is 1. The summed E-state index contributed by atoms with van der Waals surface area (Å²) in [5.74, 6) is -0.307. The standard InChI is InChI=1S/C14H17N3O3/c1-3-4-5-12-13(14(18)19)15-16-17(12)10-6-8-11(20-2)9-7-10/h6-9H,3-5H2,1-2H3,(H,18,19). The minimum atomic E-state index is -1.05. The minimum Gasteiger partial charge on any atom is -0.497 e. The average molecular weight is 275 g/mol. The first-order valence-corrected chi connectivity index (χ1v) is 6.49. The Bertz CT molecular complexity index is 590. The Morgan fingerprint density at radius 2 is 2.05 bits per heavy atom. The predicted molar refractivity (Wildman–Crippen MR) is 73.5 cm³/mol. The number of methoxy groups -OCH3 is 1. The van der Waals surface area contributed by atoms with Crippen molar-refractivity contribution < 1.29 is 14.6 Å². The van der Waals surface area contributed by atoms with Crippen LogP contribution < -0.4 is 4.74 Å². The Balaban J connectivity index is 2.41. The molecule has 0 spiro atoms. The van der Waals surface area contributed by atoms with Crippen molar-refractivity contribution in [1.29, 1.82) is 0 Å². The van der Waals surface area contributed by atoms with Crippen LogP contribution in [-0.2, 0) is 6.42 Å². The highest BCUT2D eigenvalue weighted by Gasteiger charge is 2.19. The third-order valence-corrected chi connectivity index (χ3v) is 3.05. The lowest BCUT2D eigenvalue weighted by molar-refractivity contribution is 0.0689. The fourth-order valence-corrected chi connectivity index (χ4v) is 1.97. The van der Waals surface area contributed by atoms with E-state index in [-0.39, 0.29) is 5.69 Å². The number of unbranched alkanes of at least 4 members (excludes halogenated alkanes) is 1. The van der Waals surface area contributed by atoms with E-state index >= 15 is 0 Å². The molecule has 0 saturated heterocycles. The number of carboxylic acid groups (broad SMARTS) is 1. The van der Waals surface area contributed by atoms with Crippen LogP contribution in [0.15, 0.2) is 24.3 Å². The van der Waals surface area contributed by atoms with Gasteiger partial charge in [-0.3, -0.25) is 0 Å². The van der Waals surface area contributed by atoms with Crippen LogP contribution in [0.4, 0.5) is 0 Å². The molecule has 1 aromatic heterocycles. The number of rotatable bonds is 6. The van der Waals surface area contributed by atoms with Crippen LogP contribution in [0.2, 0.25) is 0 Å². The number of carboxylic acids is 1. The van der Waals surface area contributed by atoms with E-state index in [1.165, 1.54) is 0 Å². The second-order valence-corrected chi connectivity index (χ2v) is 4.40. The molecule has 2 aromatic rings. The van der Waals surface area contributed by atoms with Crippen molar-refractivity contribution in [3.8, 4) is 11.4 Å². The van der Waals surface area contributed by atoms with Crippen LogP contribution in [0.1, 0.15) is 35.9 Å². The maximum atomic E-state index is 11.2. The summed E-state index contributed by atoms with van der Waals surface area (Å²) in [4.78, 5) is 11.2. The van der Waals surface area contributed by atoms with Gasteiger partial charge in [0.05, 0.1) is 18.5 Å². The lowest BCUT2D eigenvalue weighted by atomic mass is 10.1. The summed E-state index contributed by atoms with van der Waals surface area (Å²) in [6.07, 6.45) is 2.51. The molecule has 1 heterocycles. The highest BCUT2D eigenvalue weighted by atomic mass is 16.5. The monoisotopic (exact) mass is 275 g/mol. The van der Waals surface area contributed by atoms with Crippen LogP contribution >= 0.6 is 0 Å². The third-order valence-electron chi connectivity index (χ3n) is 3.05. The van der Waals surface area contributed by atoms with Gasteiger partial charge in [-0.25, -0.2) is 9.48 Å². The van der Waals surface area contributed by atoms with E-state index in [0.29, 0.717) is 12.1 Å². The third kappa shape index (κ3) is 2.79. The molecule has 20 heavy (non-hydrogen) atoms. The largest absolute Gasteiger partial charge is 0.497 e. The van der Waals surface area contributed by atoms with Crippen LogP contribution in [0.3, 0.4) is 0 Å². The van der Waals surface area contributed by atoms with E-state index in [0.717, 1.165) is 24.3 Å². The molecule has 0 aliphatic rings. The number of hydrogen-bond acceptors (Lipinski definition) is 4. The quantitative estimate of drug-likeness (QED) is 0.875. The van der Waals surface area contributed by atoms with Gasteiger partial charge in [0, 0.05) is 0 Å². The van der Waals surface area contributed by atoms with Gasteiger partial charge in [-0.1, -0.05) is 18.6 Å². The molecule has 0 radical (unpaired) electrons. The zero-order chi connectivity index (χ0) is 14.5. The van der Waals surface area contributed by atoms with Crippen molar-refractivity contribution in [3.05, 3.63) is 35.7 Å². The van der Waals surface area contributed by atoms with Gasteiger partial charge in [0.1, 0.15) is 5.75 Å². The lowest BCUT2D eigenvalue weighted by Gasteiger charge is -2.07. The topological polar surface area (TPSA) is 77.2 Å². The fraction of sp³-hybridized carbons (Fsp3) is 0.357. The molecule has 0 atom stereocenters. The highest BCUT2D eigenvalue weighted by molar-refractivity contribution is 5.86. The Morgan fingerprint density at radius 1 is 1.35 bits per heavy atom. The molecule has 1 aromatic carbocycles. The van der Waals surface area contributed by atoms with Gasteiger partial charge in [0.15, 0.2) is 5.69 Å². The molecule has 0 saturated carbocycles. The van der Waals surface area contributed by atoms with Gasteiger partial charge in [0.25, 0.3) is 0 Å².